The first kappa shape index (κ1) is 12.6. The zero-order valence-electron chi connectivity index (χ0n) is 9.79. The molecule has 0 N–H and O–H groups in total. The number of ether oxygens (including phenoxy) is 2. The van der Waals surface area contributed by atoms with E-state index in [0.717, 1.165) is 22.2 Å². The molecule has 1 heterocycles. The Morgan fingerprint density at radius 2 is 2.35 bits per heavy atom. The number of hydrogen-bond donors (Lipinski definition) is 0. The van der Waals surface area contributed by atoms with Crippen molar-refractivity contribution in [2.45, 2.75) is 19.8 Å². The van der Waals surface area contributed by atoms with Gasteiger partial charge in [-0.15, -0.1) is 0 Å². The quantitative estimate of drug-likeness (QED) is 0.838. The first-order valence-electron chi connectivity index (χ1n) is 5.74. The van der Waals surface area contributed by atoms with E-state index in [0.29, 0.717) is 19.6 Å². The van der Waals surface area contributed by atoms with E-state index in [-0.39, 0.29) is 12.4 Å². The van der Waals surface area contributed by atoms with Crippen LogP contribution in [-0.2, 0) is 22.4 Å². The zero-order valence-corrected chi connectivity index (χ0v) is 11.4. The first-order chi connectivity index (χ1) is 8.20. The van der Waals surface area contributed by atoms with E-state index in [4.69, 9.17) is 9.47 Å². The maximum atomic E-state index is 11.7. The molecule has 0 fully saturated rings. The summed E-state index contributed by atoms with van der Waals surface area (Å²) in [5.41, 5.74) is 2.13. The summed E-state index contributed by atoms with van der Waals surface area (Å²) in [4.78, 5) is 11.7. The first-order valence-corrected chi connectivity index (χ1v) is 6.53. The Balaban J connectivity index is 2.13. The third-order valence-electron chi connectivity index (χ3n) is 2.68. The molecule has 0 atom stereocenters. The number of carbonyl (C=O) groups is 1. The molecule has 92 valence electrons. The summed E-state index contributed by atoms with van der Waals surface area (Å²) in [6, 6.07) is 4.01. The highest BCUT2D eigenvalue weighted by Gasteiger charge is 2.19. The van der Waals surface area contributed by atoms with Crippen LogP contribution in [0.4, 0.5) is 0 Å². The molecule has 0 amide bonds. The largest absolute Gasteiger partial charge is 0.493 e. The van der Waals surface area contributed by atoms with Crippen molar-refractivity contribution in [1.82, 2.24) is 0 Å². The van der Waals surface area contributed by atoms with Crippen molar-refractivity contribution in [3.8, 4) is 5.75 Å². The molecule has 0 aliphatic carbocycles. The number of fused-ring (bicyclic) bond motifs is 1. The Morgan fingerprint density at radius 1 is 1.53 bits per heavy atom. The van der Waals surface area contributed by atoms with Crippen molar-refractivity contribution in [2.75, 3.05) is 19.8 Å². The van der Waals surface area contributed by atoms with E-state index in [1.807, 2.05) is 13.0 Å². The fourth-order valence-corrected chi connectivity index (χ4v) is 2.51. The van der Waals surface area contributed by atoms with Gasteiger partial charge in [0.2, 0.25) is 0 Å². The lowest BCUT2D eigenvalue weighted by Gasteiger charge is -2.08. The van der Waals surface area contributed by atoms with E-state index in [9.17, 15) is 4.79 Å². The lowest BCUT2D eigenvalue weighted by atomic mass is 10.0. The smallest absolute Gasteiger partial charge is 0.162 e. The predicted octanol–water partition coefficient (Wildman–Crippen LogP) is 2.53. The highest BCUT2D eigenvalue weighted by Crippen LogP contribution is 2.33. The van der Waals surface area contributed by atoms with Crippen molar-refractivity contribution in [1.29, 1.82) is 0 Å². The molecule has 1 aromatic carbocycles. The molecule has 17 heavy (non-hydrogen) atoms. The number of carbonyl (C=O) groups excluding carboxylic acids is 1. The Bertz CT molecular complexity index is 429. The lowest BCUT2D eigenvalue weighted by Crippen LogP contribution is -2.12. The van der Waals surface area contributed by atoms with Crippen LogP contribution in [0.1, 0.15) is 18.1 Å². The van der Waals surface area contributed by atoms with Gasteiger partial charge in [-0.1, -0.05) is 15.9 Å². The molecular weight excluding hydrogens is 284 g/mol. The molecule has 3 nitrogen and oxygen atoms in total. The Morgan fingerprint density at radius 3 is 3.12 bits per heavy atom. The van der Waals surface area contributed by atoms with Gasteiger partial charge in [0, 0.05) is 29.5 Å². The molecule has 2 rings (SSSR count). The summed E-state index contributed by atoms with van der Waals surface area (Å²) in [6.07, 6.45) is 1.29. The number of Topliss-reactive ketones (excluding diaryl/α,β-unsaturated/α-hetero) is 1. The van der Waals surface area contributed by atoms with Gasteiger partial charge < -0.3 is 9.47 Å². The maximum absolute atomic E-state index is 11.7. The minimum Gasteiger partial charge on any atom is -0.493 e. The maximum Gasteiger partial charge on any atom is 0.162 e. The Kier molecular flexibility index (Phi) is 4.18. The van der Waals surface area contributed by atoms with Crippen LogP contribution in [0, 0.1) is 0 Å². The average molecular weight is 299 g/mol. The van der Waals surface area contributed by atoms with Crippen molar-refractivity contribution >= 4 is 21.7 Å². The zero-order chi connectivity index (χ0) is 12.3. The Labute approximate surface area is 109 Å². The molecular formula is C13H15BrO3. The van der Waals surface area contributed by atoms with Crippen LogP contribution in [0.2, 0.25) is 0 Å². The average Bonchev–Trinajstić information content (AvgIpc) is 2.74. The molecule has 0 unspecified atom stereocenters. The van der Waals surface area contributed by atoms with Crippen molar-refractivity contribution in [3.63, 3.8) is 0 Å². The number of halogens is 1. The second kappa shape index (κ2) is 5.65. The highest BCUT2D eigenvalue weighted by molar-refractivity contribution is 9.10. The van der Waals surface area contributed by atoms with Crippen molar-refractivity contribution < 1.29 is 14.3 Å². The van der Waals surface area contributed by atoms with Gasteiger partial charge in [0.05, 0.1) is 6.61 Å². The summed E-state index contributed by atoms with van der Waals surface area (Å²) < 4.78 is 11.7. The van der Waals surface area contributed by atoms with Gasteiger partial charge in [0.15, 0.2) is 5.78 Å². The molecule has 4 heteroatoms. The van der Waals surface area contributed by atoms with Gasteiger partial charge in [-0.05, 0) is 24.6 Å². The lowest BCUT2D eigenvalue weighted by molar-refractivity contribution is -0.122. The monoisotopic (exact) mass is 298 g/mol. The number of rotatable bonds is 5. The summed E-state index contributed by atoms with van der Waals surface area (Å²) in [5, 5.41) is 0. The van der Waals surface area contributed by atoms with E-state index >= 15 is 0 Å². The van der Waals surface area contributed by atoms with Gasteiger partial charge in [-0.25, -0.2) is 0 Å². The molecule has 0 bridgehead atoms. The highest BCUT2D eigenvalue weighted by atomic mass is 79.9. The summed E-state index contributed by atoms with van der Waals surface area (Å²) in [7, 11) is 0. The molecule has 1 aliphatic heterocycles. The van der Waals surface area contributed by atoms with Gasteiger partial charge in [0.1, 0.15) is 12.4 Å². The van der Waals surface area contributed by atoms with Gasteiger partial charge in [-0.2, -0.15) is 0 Å². The van der Waals surface area contributed by atoms with Crippen molar-refractivity contribution in [2.24, 2.45) is 0 Å². The number of ketones is 1. The van der Waals surface area contributed by atoms with Gasteiger partial charge in [0.25, 0.3) is 0 Å². The molecule has 1 aromatic rings. The fraction of sp³-hybridized carbons (Fsp3) is 0.462. The van der Waals surface area contributed by atoms with E-state index in [1.54, 1.807) is 0 Å². The SMILES string of the molecule is CCOCC(=O)Cc1cc(Br)cc2c1OCC2. The van der Waals surface area contributed by atoms with Crippen LogP contribution in [-0.4, -0.2) is 25.6 Å². The van der Waals surface area contributed by atoms with Crippen molar-refractivity contribution in [3.05, 3.63) is 27.7 Å². The van der Waals surface area contributed by atoms with Crippen LogP contribution < -0.4 is 4.74 Å². The van der Waals surface area contributed by atoms with Crippen LogP contribution in [0.5, 0.6) is 5.75 Å². The molecule has 0 radical (unpaired) electrons. The molecule has 0 saturated carbocycles. The van der Waals surface area contributed by atoms with E-state index in [1.165, 1.54) is 5.56 Å². The van der Waals surface area contributed by atoms with Gasteiger partial charge in [-0.3, -0.25) is 4.79 Å². The number of benzene rings is 1. The summed E-state index contributed by atoms with van der Waals surface area (Å²) in [6.45, 7) is 3.34. The van der Waals surface area contributed by atoms with Crippen LogP contribution in [0.15, 0.2) is 16.6 Å². The summed E-state index contributed by atoms with van der Waals surface area (Å²) >= 11 is 3.46. The molecule has 0 saturated heterocycles. The Hall–Kier alpha value is -0.870. The topological polar surface area (TPSA) is 35.5 Å². The normalized spacial score (nSPS) is 13.3. The third kappa shape index (κ3) is 3.07. The summed E-state index contributed by atoms with van der Waals surface area (Å²) in [5.74, 6) is 0.973. The predicted molar refractivity (Wildman–Crippen MR) is 68.5 cm³/mol. The minimum atomic E-state index is 0.0858. The molecule has 0 spiro atoms. The molecule has 0 aromatic heterocycles. The van der Waals surface area contributed by atoms with Crippen LogP contribution in [0.3, 0.4) is 0 Å². The van der Waals surface area contributed by atoms with E-state index in [2.05, 4.69) is 22.0 Å². The second-order valence-corrected chi connectivity index (χ2v) is 4.92. The van der Waals surface area contributed by atoms with Crippen LogP contribution in [0.25, 0.3) is 0 Å². The van der Waals surface area contributed by atoms with Gasteiger partial charge >= 0.3 is 0 Å². The van der Waals surface area contributed by atoms with E-state index < -0.39 is 0 Å². The van der Waals surface area contributed by atoms with Crippen LogP contribution >= 0.6 is 15.9 Å². The second-order valence-electron chi connectivity index (χ2n) is 4.00. The number of hydrogen-bond acceptors (Lipinski definition) is 3. The minimum absolute atomic E-state index is 0.0858. The third-order valence-corrected chi connectivity index (χ3v) is 3.14. The molecule has 1 aliphatic rings. The fourth-order valence-electron chi connectivity index (χ4n) is 1.96. The standard InChI is InChI=1S/C13H15BrO3/c1-2-16-8-12(15)7-10-6-11(14)5-9-3-4-17-13(9)10/h5-6H,2-4,7-8H2,1H3.